The number of methoxy groups -OCH3 is 1. The predicted molar refractivity (Wildman–Crippen MR) is 79.1 cm³/mol. The molecule has 4 nitrogen and oxygen atoms in total. The molecule has 0 spiro atoms. The highest BCUT2D eigenvalue weighted by molar-refractivity contribution is 6.17. The number of fused-ring (bicyclic) bond motifs is 1. The number of carbonyl (C=O) groups excluding carboxylic acids is 1. The molecule has 0 saturated carbocycles. The van der Waals surface area contributed by atoms with E-state index in [-0.39, 0.29) is 17.0 Å². The van der Waals surface area contributed by atoms with Crippen LogP contribution >= 0.6 is 0 Å². The van der Waals surface area contributed by atoms with Crippen molar-refractivity contribution in [1.82, 2.24) is 4.98 Å². The number of ketones is 1. The Kier molecular flexibility index (Phi) is 3.10. The van der Waals surface area contributed by atoms with E-state index in [1.165, 1.54) is 25.3 Å². The molecule has 0 aliphatic carbocycles. The van der Waals surface area contributed by atoms with Crippen molar-refractivity contribution in [1.29, 1.82) is 0 Å². The van der Waals surface area contributed by atoms with Crippen LogP contribution < -0.4 is 10.5 Å². The molecule has 0 radical (unpaired) electrons. The summed E-state index contributed by atoms with van der Waals surface area (Å²) in [7, 11) is 1.54. The lowest BCUT2D eigenvalue weighted by Crippen LogP contribution is -2.03. The molecule has 0 amide bonds. The largest absolute Gasteiger partial charge is 0.496 e. The number of benzene rings is 2. The standard InChI is InChI=1S/C16H13FN2O2/c1-21-14-4-2-3-13-15(14)12(8-19-13)16(20)9-5-10(17)7-11(18)6-9/h2-8,19H,18H2,1H3. The van der Waals surface area contributed by atoms with Gasteiger partial charge in [-0.2, -0.15) is 0 Å². The fourth-order valence-corrected chi connectivity index (χ4v) is 2.40. The molecule has 1 heterocycles. The summed E-state index contributed by atoms with van der Waals surface area (Å²) in [5, 5.41) is 0.674. The summed E-state index contributed by atoms with van der Waals surface area (Å²) in [5.74, 6) is -0.261. The third-order valence-corrected chi connectivity index (χ3v) is 3.31. The molecule has 2 aromatic carbocycles. The van der Waals surface area contributed by atoms with Crippen molar-refractivity contribution < 1.29 is 13.9 Å². The van der Waals surface area contributed by atoms with Gasteiger partial charge in [0.15, 0.2) is 5.78 Å². The molecule has 1 aromatic heterocycles. The Morgan fingerprint density at radius 2 is 2.10 bits per heavy atom. The Morgan fingerprint density at radius 3 is 2.81 bits per heavy atom. The van der Waals surface area contributed by atoms with Gasteiger partial charge in [0.05, 0.1) is 18.1 Å². The van der Waals surface area contributed by atoms with Crippen LogP contribution in [-0.4, -0.2) is 17.9 Å². The first-order valence-electron chi connectivity index (χ1n) is 6.35. The number of carbonyl (C=O) groups is 1. The molecule has 3 rings (SSSR count). The minimum Gasteiger partial charge on any atom is -0.496 e. The molecule has 0 atom stereocenters. The molecule has 0 saturated heterocycles. The van der Waals surface area contributed by atoms with Gasteiger partial charge in [-0.05, 0) is 30.3 Å². The molecule has 0 aliphatic heterocycles. The van der Waals surface area contributed by atoms with Crippen molar-refractivity contribution in [2.45, 2.75) is 0 Å². The monoisotopic (exact) mass is 284 g/mol. The van der Waals surface area contributed by atoms with Crippen molar-refractivity contribution in [3.05, 3.63) is 59.5 Å². The topological polar surface area (TPSA) is 68.1 Å². The number of rotatable bonds is 3. The third-order valence-electron chi connectivity index (χ3n) is 3.31. The molecular formula is C16H13FN2O2. The van der Waals surface area contributed by atoms with Crippen molar-refractivity contribution in [3.8, 4) is 5.75 Å². The van der Waals surface area contributed by atoms with E-state index in [0.717, 1.165) is 5.52 Å². The molecule has 0 bridgehead atoms. The highest BCUT2D eigenvalue weighted by atomic mass is 19.1. The van der Waals surface area contributed by atoms with E-state index in [2.05, 4.69) is 4.98 Å². The van der Waals surface area contributed by atoms with E-state index in [4.69, 9.17) is 10.5 Å². The zero-order valence-corrected chi connectivity index (χ0v) is 11.3. The van der Waals surface area contributed by atoms with Crippen LogP contribution in [0.3, 0.4) is 0 Å². The van der Waals surface area contributed by atoms with E-state index in [1.807, 2.05) is 12.1 Å². The summed E-state index contributed by atoms with van der Waals surface area (Å²) >= 11 is 0. The van der Waals surface area contributed by atoms with Crippen LogP contribution in [0.25, 0.3) is 10.9 Å². The number of H-pyrrole nitrogens is 1. The van der Waals surface area contributed by atoms with Gasteiger partial charge in [0.2, 0.25) is 0 Å². The number of nitrogen functional groups attached to an aromatic ring is 1. The average Bonchev–Trinajstić information content (AvgIpc) is 2.89. The molecule has 3 N–H and O–H groups in total. The maximum absolute atomic E-state index is 13.4. The minimum absolute atomic E-state index is 0.208. The highest BCUT2D eigenvalue weighted by Gasteiger charge is 2.18. The van der Waals surface area contributed by atoms with Crippen LogP contribution in [0.1, 0.15) is 15.9 Å². The first-order chi connectivity index (χ1) is 10.1. The van der Waals surface area contributed by atoms with Crippen molar-refractivity contribution in [2.75, 3.05) is 12.8 Å². The third kappa shape index (κ3) is 2.23. The molecule has 21 heavy (non-hydrogen) atoms. The van der Waals surface area contributed by atoms with Crippen LogP contribution in [0.5, 0.6) is 5.75 Å². The first-order valence-corrected chi connectivity index (χ1v) is 6.35. The van der Waals surface area contributed by atoms with Gasteiger partial charge >= 0.3 is 0 Å². The molecule has 106 valence electrons. The predicted octanol–water partition coefficient (Wildman–Crippen LogP) is 3.13. The maximum Gasteiger partial charge on any atom is 0.195 e. The second-order valence-electron chi connectivity index (χ2n) is 4.69. The van der Waals surface area contributed by atoms with Crippen molar-refractivity contribution in [2.24, 2.45) is 0 Å². The zero-order valence-electron chi connectivity index (χ0n) is 11.3. The van der Waals surface area contributed by atoms with Crippen LogP contribution in [0.4, 0.5) is 10.1 Å². The van der Waals surface area contributed by atoms with Gasteiger partial charge in [-0.3, -0.25) is 4.79 Å². The number of hydrogen-bond donors (Lipinski definition) is 2. The number of hydrogen-bond acceptors (Lipinski definition) is 3. The number of ether oxygens (including phenoxy) is 1. The van der Waals surface area contributed by atoms with E-state index in [0.29, 0.717) is 16.7 Å². The lowest BCUT2D eigenvalue weighted by molar-refractivity contribution is 0.103. The van der Waals surface area contributed by atoms with Crippen LogP contribution in [0.2, 0.25) is 0 Å². The minimum atomic E-state index is -0.537. The van der Waals surface area contributed by atoms with Gasteiger partial charge in [0.25, 0.3) is 0 Å². The first kappa shape index (κ1) is 13.2. The lowest BCUT2D eigenvalue weighted by atomic mass is 10.0. The SMILES string of the molecule is COc1cccc2[nH]cc(C(=O)c3cc(N)cc(F)c3)c12. The Hall–Kier alpha value is -2.82. The van der Waals surface area contributed by atoms with Gasteiger partial charge < -0.3 is 15.5 Å². The van der Waals surface area contributed by atoms with E-state index < -0.39 is 5.82 Å². The van der Waals surface area contributed by atoms with Crippen molar-refractivity contribution >= 4 is 22.4 Å². The quantitative estimate of drug-likeness (QED) is 0.573. The lowest BCUT2D eigenvalue weighted by Gasteiger charge is -2.05. The number of nitrogens with two attached hydrogens (primary N) is 1. The average molecular weight is 284 g/mol. The molecule has 0 fully saturated rings. The number of aromatic nitrogens is 1. The number of nitrogens with one attached hydrogen (secondary N) is 1. The normalized spacial score (nSPS) is 10.8. The van der Waals surface area contributed by atoms with Gasteiger partial charge in [0.1, 0.15) is 11.6 Å². The maximum atomic E-state index is 13.4. The Labute approximate surface area is 120 Å². The van der Waals surface area contributed by atoms with Crippen molar-refractivity contribution in [3.63, 3.8) is 0 Å². The fraction of sp³-hybridized carbons (Fsp3) is 0.0625. The van der Waals surface area contributed by atoms with Gasteiger partial charge in [-0.1, -0.05) is 6.07 Å². The summed E-state index contributed by atoms with van der Waals surface area (Å²) in [4.78, 5) is 15.6. The molecule has 0 aliphatic rings. The molecular weight excluding hydrogens is 271 g/mol. The summed E-state index contributed by atoms with van der Waals surface area (Å²) in [6.07, 6.45) is 1.59. The summed E-state index contributed by atoms with van der Waals surface area (Å²) in [6, 6.07) is 9.24. The Balaban J connectivity index is 2.18. The Bertz CT molecular complexity index is 819. The van der Waals surface area contributed by atoms with E-state index in [9.17, 15) is 9.18 Å². The second-order valence-corrected chi connectivity index (χ2v) is 4.69. The Morgan fingerprint density at radius 1 is 1.29 bits per heavy atom. The smallest absolute Gasteiger partial charge is 0.195 e. The van der Waals surface area contributed by atoms with E-state index >= 15 is 0 Å². The van der Waals surface area contributed by atoms with Gasteiger partial charge in [-0.25, -0.2) is 4.39 Å². The second kappa shape index (κ2) is 4.94. The van der Waals surface area contributed by atoms with Crippen LogP contribution in [0, 0.1) is 5.82 Å². The highest BCUT2D eigenvalue weighted by Crippen LogP contribution is 2.30. The summed E-state index contributed by atoms with van der Waals surface area (Å²) in [5.41, 5.74) is 7.22. The number of halogens is 1. The van der Waals surface area contributed by atoms with E-state index in [1.54, 1.807) is 12.3 Å². The van der Waals surface area contributed by atoms with Gasteiger partial charge in [-0.15, -0.1) is 0 Å². The molecule has 0 unspecified atom stereocenters. The van der Waals surface area contributed by atoms with Gasteiger partial charge in [0, 0.05) is 23.0 Å². The molecule has 3 aromatic rings. The molecule has 5 heteroatoms. The fourth-order valence-electron chi connectivity index (χ4n) is 2.40. The van der Waals surface area contributed by atoms with Crippen LogP contribution in [0.15, 0.2) is 42.6 Å². The zero-order chi connectivity index (χ0) is 15.0. The summed E-state index contributed by atoms with van der Waals surface area (Å²) in [6.45, 7) is 0. The van der Waals surface area contributed by atoms with Crippen LogP contribution in [-0.2, 0) is 0 Å². The number of anilines is 1. The summed E-state index contributed by atoms with van der Waals surface area (Å²) < 4.78 is 18.7. The number of aromatic amines is 1.